The number of nitrogens with zero attached hydrogens (tertiary/aromatic N) is 2. The van der Waals surface area contributed by atoms with E-state index in [4.69, 9.17) is 15.2 Å². The first kappa shape index (κ1) is 16.6. The first-order valence-electron chi connectivity index (χ1n) is 6.99. The number of aromatic nitrogens is 3. The van der Waals surface area contributed by atoms with Crippen LogP contribution in [0.15, 0.2) is 6.20 Å². The number of hydrogen-bond acceptors (Lipinski definition) is 5. The quantitative estimate of drug-likeness (QED) is 0.464. The molecule has 1 rings (SSSR count). The van der Waals surface area contributed by atoms with Crippen molar-refractivity contribution in [1.29, 1.82) is 0 Å². The molecule has 1 aromatic heterocycles. The Morgan fingerprint density at radius 1 is 1.30 bits per heavy atom. The topological polar surface area (TPSA) is 86.0 Å². The fourth-order valence-electron chi connectivity index (χ4n) is 1.65. The summed E-state index contributed by atoms with van der Waals surface area (Å²) in [5.74, 6) is 5.80. The van der Waals surface area contributed by atoms with Crippen molar-refractivity contribution < 1.29 is 9.47 Å². The van der Waals surface area contributed by atoms with Gasteiger partial charge in [-0.1, -0.05) is 5.21 Å². The second-order valence-electron chi connectivity index (χ2n) is 4.50. The van der Waals surface area contributed by atoms with Crippen molar-refractivity contribution in [1.82, 2.24) is 15.4 Å². The zero-order valence-electron chi connectivity index (χ0n) is 12.1. The summed E-state index contributed by atoms with van der Waals surface area (Å²) in [4.78, 5) is 0. The smallest absolute Gasteiger partial charge is 0.0840 e. The van der Waals surface area contributed by atoms with E-state index in [9.17, 15) is 0 Å². The first-order chi connectivity index (χ1) is 9.83. The Balaban J connectivity index is 1.85. The highest BCUT2D eigenvalue weighted by Crippen LogP contribution is 1.97. The van der Waals surface area contributed by atoms with Crippen molar-refractivity contribution >= 4 is 0 Å². The van der Waals surface area contributed by atoms with Crippen LogP contribution in [0.25, 0.3) is 0 Å². The Morgan fingerprint density at radius 2 is 2.10 bits per heavy atom. The molecule has 6 heteroatoms. The third-order valence-electron chi connectivity index (χ3n) is 2.65. The third kappa shape index (κ3) is 8.64. The van der Waals surface area contributed by atoms with E-state index in [0.29, 0.717) is 26.2 Å². The predicted molar refractivity (Wildman–Crippen MR) is 77.0 cm³/mol. The van der Waals surface area contributed by atoms with Gasteiger partial charge in [0.2, 0.25) is 0 Å². The van der Waals surface area contributed by atoms with Gasteiger partial charge in [-0.25, -0.2) is 0 Å². The molecule has 0 bridgehead atoms. The first-order valence-corrected chi connectivity index (χ1v) is 6.99. The Morgan fingerprint density at radius 3 is 2.80 bits per heavy atom. The normalized spacial score (nSPS) is 11.9. The highest BCUT2D eigenvalue weighted by molar-refractivity contribution is 4.94. The van der Waals surface area contributed by atoms with Gasteiger partial charge in [0.05, 0.1) is 18.9 Å². The van der Waals surface area contributed by atoms with Crippen LogP contribution < -0.4 is 5.73 Å². The van der Waals surface area contributed by atoms with E-state index in [0.717, 1.165) is 31.6 Å². The maximum Gasteiger partial charge on any atom is 0.0840 e. The fourth-order valence-corrected chi connectivity index (χ4v) is 1.65. The molecule has 1 unspecified atom stereocenters. The Kier molecular flexibility index (Phi) is 9.49. The van der Waals surface area contributed by atoms with Crippen molar-refractivity contribution in [3.63, 3.8) is 0 Å². The second kappa shape index (κ2) is 11.4. The van der Waals surface area contributed by atoms with Crippen LogP contribution in [0.5, 0.6) is 0 Å². The van der Waals surface area contributed by atoms with Crippen LogP contribution in [0.1, 0.15) is 31.9 Å². The average molecular weight is 280 g/mol. The molecular formula is C14H24N4O2. The molecule has 0 amide bonds. The molecule has 1 aromatic rings. The standard InChI is InChI=1S/C14H24N4O2/c1-2-3-4-7-19-8-5-6-9-20-12-13(15)10-14-11-16-18-17-14/h11,13H,4-10,12,15H2,1H3,(H,16,17,18). The number of unbranched alkanes of at least 4 members (excludes halogenated alkanes) is 1. The van der Waals surface area contributed by atoms with Gasteiger partial charge in [0, 0.05) is 38.3 Å². The molecule has 0 fully saturated rings. The molecule has 0 aliphatic carbocycles. The Hall–Kier alpha value is -1.42. The number of nitrogens with one attached hydrogen (secondary N) is 1. The summed E-state index contributed by atoms with van der Waals surface area (Å²) in [6.45, 7) is 4.57. The van der Waals surface area contributed by atoms with Crippen molar-refractivity contribution in [2.24, 2.45) is 5.73 Å². The van der Waals surface area contributed by atoms with Gasteiger partial charge in [0.25, 0.3) is 0 Å². The van der Waals surface area contributed by atoms with Crippen molar-refractivity contribution in [2.75, 3.05) is 26.4 Å². The van der Waals surface area contributed by atoms with Gasteiger partial charge in [-0.2, -0.15) is 0 Å². The van der Waals surface area contributed by atoms with Crippen molar-refractivity contribution in [3.05, 3.63) is 11.9 Å². The molecule has 112 valence electrons. The molecular weight excluding hydrogens is 256 g/mol. The molecule has 3 N–H and O–H groups in total. The summed E-state index contributed by atoms with van der Waals surface area (Å²) in [6.07, 6.45) is 5.22. The molecule has 1 heterocycles. The summed E-state index contributed by atoms with van der Waals surface area (Å²) < 4.78 is 11.0. The third-order valence-corrected chi connectivity index (χ3v) is 2.65. The summed E-state index contributed by atoms with van der Waals surface area (Å²) in [7, 11) is 0. The van der Waals surface area contributed by atoms with Gasteiger partial charge in [-0.3, -0.25) is 5.10 Å². The van der Waals surface area contributed by atoms with Crippen LogP contribution in [0, 0.1) is 11.8 Å². The van der Waals surface area contributed by atoms with Crippen LogP contribution in [-0.2, 0) is 15.9 Å². The summed E-state index contributed by atoms with van der Waals surface area (Å²) >= 11 is 0. The summed E-state index contributed by atoms with van der Waals surface area (Å²) in [5, 5.41) is 10.2. The number of rotatable bonds is 11. The van der Waals surface area contributed by atoms with Gasteiger partial charge in [-0.05, 0) is 19.8 Å². The molecule has 0 aliphatic rings. The molecule has 0 aliphatic heterocycles. The van der Waals surface area contributed by atoms with Crippen LogP contribution >= 0.6 is 0 Å². The molecule has 0 spiro atoms. The van der Waals surface area contributed by atoms with Crippen molar-refractivity contribution in [3.8, 4) is 11.8 Å². The van der Waals surface area contributed by atoms with Gasteiger partial charge < -0.3 is 15.2 Å². The van der Waals surface area contributed by atoms with E-state index in [-0.39, 0.29) is 6.04 Å². The molecule has 1 atom stereocenters. The van der Waals surface area contributed by atoms with Crippen molar-refractivity contribution in [2.45, 2.75) is 38.6 Å². The largest absolute Gasteiger partial charge is 0.380 e. The Labute approximate surface area is 120 Å². The lowest BCUT2D eigenvalue weighted by Gasteiger charge is -2.10. The van der Waals surface area contributed by atoms with Gasteiger partial charge in [0.1, 0.15) is 0 Å². The lowest BCUT2D eigenvalue weighted by atomic mass is 10.2. The van der Waals surface area contributed by atoms with Crippen LogP contribution in [0.4, 0.5) is 0 Å². The van der Waals surface area contributed by atoms with Gasteiger partial charge in [-0.15, -0.1) is 16.9 Å². The Bertz CT molecular complexity index is 384. The zero-order valence-corrected chi connectivity index (χ0v) is 12.1. The van der Waals surface area contributed by atoms with Crippen LogP contribution in [0.2, 0.25) is 0 Å². The summed E-state index contributed by atoms with van der Waals surface area (Å²) in [5.41, 5.74) is 6.80. The lowest BCUT2D eigenvalue weighted by Crippen LogP contribution is -2.29. The molecule has 0 radical (unpaired) electrons. The number of nitrogens with two attached hydrogens (primary N) is 1. The molecule has 0 saturated heterocycles. The van der Waals surface area contributed by atoms with Crippen LogP contribution in [-0.4, -0.2) is 47.9 Å². The molecule has 0 saturated carbocycles. The van der Waals surface area contributed by atoms with E-state index >= 15 is 0 Å². The SMILES string of the molecule is CC#CCCOCCCCOCC(N)Cc1c[nH]nn1. The van der Waals surface area contributed by atoms with E-state index in [2.05, 4.69) is 27.3 Å². The van der Waals surface area contributed by atoms with E-state index in [1.807, 2.05) is 6.92 Å². The fraction of sp³-hybridized carbons (Fsp3) is 0.714. The number of H-pyrrole nitrogens is 1. The minimum absolute atomic E-state index is 0.0380. The van der Waals surface area contributed by atoms with E-state index in [1.54, 1.807) is 6.20 Å². The van der Waals surface area contributed by atoms with E-state index < -0.39 is 0 Å². The number of aromatic amines is 1. The maximum atomic E-state index is 5.93. The minimum Gasteiger partial charge on any atom is -0.380 e. The summed E-state index contributed by atoms with van der Waals surface area (Å²) in [6, 6.07) is -0.0380. The van der Waals surface area contributed by atoms with Crippen LogP contribution in [0.3, 0.4) is 0 Å². The molecule has 6 nitrogen and oxygen atoms in total. The predicted octanol–water partition coefficient (Wildman–Crippen LogP) is 0.901. The maximum absolute atomic E-state index is 5.93. The molecule has 20 heavy (non-hydrogen) atoms. The minimum atomic E-state index is -0.0380. The lowest BCUT2D eigenvalue weighted by molar-refractivity contribution is 0.0980. The number of ether oxygens (including phenoxy) is 2. The highest BCUT2D eigenvalue weighted by Gasteiger charge is 2.06. The van der Waals surface area contributed by atoms with Gasteiger partial charge in [0.15, 0.2) is 0 Å². The second-order valence-corrected chi connectivity index (χ2v) is 4.50. The average Bonchev–Trinajstić information content (AvgIpc) is 2.93. The van der Waals surface area contributed by atoms with Gasteiger partial charge >= 0.3 is 0 Å². The zero-order chi connectivity index (χ0) is 14.5. The monoisotopic (exact) mass is 280 g/mol. The highest BCUT2D eigenvalue weighted by atomic mass is 16.5. The number of hydrogen-bond donors (Lipinski definition) is 2. The molecule has 0 aromatic carbocycles. The van der Waals surface area contributed by atoms with E-state index in [1.165, 1.54) is 0 Å².